The molecule has 90 valence electrons. The van der Waals surface area contributed by atoms with Gasteiger partial charge in [-0.25, -0.2) is 9.36 Å². The minimum atomic E-state index is -0.174. The van der Waals surface area contributed by atoms with Crippen LogP contribution in [-0.4, -0.2) is 31.4 Å². The molecule has 2 aromatic rings. The Morgan fingerprint density at radius 3 is 1.61 bits per heavy atom. The number of rotatable bonds is 0. The zero-order valence-electron chi connectivity index (χ0n) is 9.91. The van der Waals surface area contributed by atoms with E-state index in [1.54, 1.807) is 12.4 Å². The van der Waals surface area contributed by atoms with Crippen molar-refractivity contribution >= 4 is 11.8 Å². The van der Waals surface area contributed by atoms with Gasteiger partial charge in [-0.3, -0.25) is 9.59 Å². The SMILES string of the molecule is CC(=O)n1cc(C#Cc2cnn(C(C)=O)c2)cn1. The van der Waals surface area contributed by atoms with Gasteiger partial charge < -0.3 is 0 Å². The van der Waals surface area contributed by atoms with Gasteiger partial charge in [-0.05, 0) is 0 Å². The summed E-state index contributed by atoms with van der Waals surface area (Å²) < 4.78 is 2.42. The standard InChI is InChI=1S/C12H10N4O2/c1-9(17)15-7-11(5-13-15)3-4-12-6-14-16(8-12)10(2)18/h5-8H,1-2H3. The topological polar surface area (TPSA) is 69.8 Å². The number of carbonyl (C=O) groups excluding carboxylic acids is 2. The Bertz CT molecular complexity index is 613. The van der Waals surface area contributed by atoms with Crippen LogP contribution in [0.1, 0.15) is 34.6 Å². The van der Waals surface area contributed by atoms with E-state index >= 15 is 0 Å². The summed E-state index contributed by atoms with van der Waals surface area (Å²) in [5.74, 6) is 5.33. The molecule has 2 heterocycles. The van der Waals surface area contributed by atoms with Crippen LogP contribution in [0.2, 0.25) is 0 Å². The monoisotopic (exact) mass is 242 g/mol. The quantitative estimate of drug-likeness (QED) is 0.641. The minimum absolute atomic E-state index is 0.174. The number of hydrogen-bond donors (Lipinski definition) is 0. The van der Waals surface area contributed by atoms with Crippen LogP contribution < -0.4 is 0 Å². The van der Waals surface area contributed by atoms with Crippen LogP contribution in [0.5, 0.6) is 0 Å². The van der Waals surface area contributed by atoms with Crippen LogP contribution in [0, 0.1) is 11.8 Å². The van der Waals surface area contributed by atoms with Crippen molar-refractivity contribution in [3.8, 4) is 11.8 Å². The Balaban J connectivity index is 2.19. The molecule has 0 aromatic carbocycles. The van der Waals surface area contributed by atoms with Gasteiger partial charge in [0, 0.05) is 26.2 Å². The van der Waals surface area contributed by atoms with E-state index in [-0.39, 0.29) is 11.8 Å². The van der Waals surface area contributed by atoms with Gasteiger partial charge in [-0.2, -0.15) is 10.2 Å². The van der Waals surface area contributed by atoms with Crippen molar-refractivity contribution in [2.45, 2.75) is 13.8 Å². The van der Waals surface area contributed by atoms with E-state index in [4.69, 9.17) is 0 Å². The molecule has 0 saturated heterocycles. The van der Waals surface area contributed by atoms with E-state index in [1.165, 1.54) is 35.6 Å². The third-order valence-corrected chi connectivity index (χ3v) is 2.16. The molecule has 0 spiro atoms. The Hall–Kier alpha value is -2.68. The first-order valence-corrected chi connectivity index (χ1v) is 5.19. The van der Waals surface area contributed by atoms with Gasteiger partial charge in [0.25, 0.3) is 0 Å². The van der Waals surface area contributed by atoms with Crippen molar-refractivity contribution in [3.63, 3.8) is 0 Å². The zero-order chi connectivity index (χ0) is 13.1. The zero-order valence-corrected chi connectivity index (χ0v) is 9.91. The third-order valence-electron chi connectivity index (χ3n) is 2.16. The molecule has 0 aliphatic rings. The van der Waals surface area contributed by atoms with Crippen LogP contribution in [-0.2, 0) is 0 Å². The van der Waals surface area contributed by atoms with Gasteiger partial charge in [0.1, 0.15) is 0 Å². The fraction of sp³-hybridized carbons (Fsp3) is 0.167. The Morgan fingerprint density at radius 2 is 1.33 bits per heavy atom. The lowest BCUT2D eigenvalue weighted by atomic mass is 10.3. The molecule has 2 aromatic heterocycles. The van der Waals surface area contributed by atoms with Crippen molar-refractivity contribution in [2.75, 3.05) is 0 Å². The highest BCUT2D eigenvalue weighted by molar-refractivity contribution is 5.75. The lowest BCUT2D eigenvalue weighted by molar-refractivity contribution is 0.0912. The molecular formula is C12H10N4O2. The summed E-state index contributed by atoms with van der Waals surface area (Å²) in [4.78, 5) is 22.0. The molecule has 6 nitrogen and oxygen atoms in total. The lowest BCUT2D eigenvalue weighted by Crippen LogP contribution is -2.04. The third kappa shape index (κ3) is 2.52. The molecule has 0 amide bonds. The fourth-order valence-electron chi connectivity index (χ4n) is 1.26. The predicted octanol–water partition coefficient (Wildman–Crippen LogP) is 0.800. The van der Waals surface area contributed by atoms with Crippen molar-refractivity contribution in [1.29, 1.82) is 0 Å². The Morgan fingerprint density at radius 1 is 0.944 bits per heavy atom. The summed E-state index contributed by atoms with van der Waals surface area (Å²) >= 11 is 0. The molecule has 18 heavy (non-hydrogen) atoms. The van der Waals surface area contributed by atoms with Crippen molar-refractivity contribution in [2.24, 2.45) is 0 Å². The maximum Gasteiger partial charge on any atom is 0.243 e. The predicted molar refractivity (Wildman–Crippen MR) is 63.0 cm³/mol. The molecule has 6 heteroatoms. The van der Waals surface area contributed by atoms with E-state index < -0.39 is 0 Å². The summed E-state index contributed by atoms with van der Waals surface area (Å²) in [6.07, 6.45) is 6.10. The highest BCUT2D eigenvalue weighted by Gasteiger charge is 2.00. The second-order valence-electron chi connectivity index (χ2n) is 3.64. The average Bonchev–Trinajstić information content (AvgIpc) is 2.95. The normalized spacial score (nSPS) is 9.67. The van der Waals surface area contributed by atoms with E-state index in [9.17, 15) is 9.59 Å². The van der Waals surface area contributed by atoms with Crippen LogP contribution >= 0.6 is 0 Å². The average molecular weight is 242 g/mol. The summed E-state index contributed by atoms with van der Waals surface area (Å²) in [5, 5.41) is 7.70. The van der Waals surface area contributed by atoms with Gasteiger partial charge in [-0.15, -0.1) is 0 Å². The van der Waals surface area contributed by atoms with Gasteiger partial charge in [-0.1, -0.05) is 11.8 Å². The molecule has 2 rings (SSSR count). The minimum Gasteiger partial charge on any atom is -0.273 e. The molecule has 0 N–H and O–H groups in total. The molecule has 0 aliphatic carbocycles. The molecule has 0 aliphatic heterocycles. The largest absolute Gasteiger partial charge is 0.273 e. The van der Waals surface area contributed by atoms with E-state index in [0.29, 0.717) is 11.1 Å². The van der Waals surface area contributed by atoms with E-state index in [1.807, 2.05) is 0 Å². The summed E-state index contributed by atoms with van der Waals surface area (Å²) in [6, 6.07) is 0. The maximum absolute atomic E-state index is 11.0. The van der Waals surface area contributed by atoms with Gasteiger partial charge in [0.05, 0.1) is 23.5 Å². The van der Waals surface area contributed by atoms with Crippen LogP contribution in [0.15, 0.2) is 24.8 Å². The van der Waals surface area contributed by atoms with Crippen molar-refractivity contribution in [1.82, 2.24) is 19.6 Å². The number of hydrogen-bond acceptors (Lipinski definition) is 4. The first-order valence-electron chi connectivity index (χ1n) is 5.19. The van der Waals surface area contributed by atoms with Gasteiger partial charge in [0.2, 0.25) is 11.8 Å². The molecular weight excluding hydrogens is 232 g/mol. The molecule has 0 saturated carbocycles. The second-order valence-corrected chi connectivity index (χ2v) is 3.64. The van der Waals surface area contributed by atoms with E-state index in [2.05, 4.69) is 22.0 Å². The maximum atomic E-state index is 11.0. The molecule has 0 radical (unpaired) electrons. The number of nitrogens with zero attached hydrogens (tertiary/aromatic N) is 4. The van der Waals surface area contributed by atoms with Crippen LogP contribution in [0.3, 0.4) is 0 Å². The summed E-state index contributed by atoms with van der Waals surface area (Å²) in [5.41, 5.74) is 1.25. The molecule has 0 bridgehead atoms. The van der Waals surface area contributed by atoms with Crippen molar-refractivity contribution < 1.29 is 9.59 Å². The molecule has 0 unspecified atom stereocenters. The van der Waals surface area contributed by atoms with Crippen molar-refractivity contribution in [3.05, 3.63) is 35.9 Å². The van der Waals surface area contributed by atoms with Crippen LogP contribution in [0.4, 0.5) is 0 Å². The van der Waals surface area contributed by atoms with Gasteiger partial charge in [0.15, 0.2) is 0 Å². The highest BCUT2D eigenvalue weighted by atomic mass is 16.2. The molecule has 0 fully saturated rings. The van der Waals surface area contributed by atoms with E-state index in [0.717, 1.165) is 0 Å². The Labute approximate surface area is 103 Å². The van der Waals surface area contributed by atoms with Gasteiger partial charge >= 0.3 is 0 Å². The lowest BCUT2D eigenvalue weighted by Gasteiger charge is -1.88. The Kier molecular flexibility index (Phi) is 3.06. The second kappa shape index (κ2) is 4.67. The summed E-state index contributed by atoms with van der Waals surface area (Å²) in [6.45, 7) is 2.84. The molecule has 0 atom stereocenters. The highest BCUT2D eigenvalue weighted by Crippen LogP contribution is 1.98. The fourth-order valence-corrected chi connectivity index (χ4v) is 1.26. The summed E-state index contributed by atoms with van der Waals surface area (Å²) in [7, 11) is 0. The first-order chi connectivity index (χ1) is 8.56. The first kappa shape index (κ1) is 11.8. The number of aromatic nitrogens is 4. The van der Waals surface area contributed by atoms with Crippen LogP contribution in [0.25, 0.3) is 0 Å². The smallest absolute Gasteiger partial charge is 0.243 e. The number of carbonyl (C=O) groups is 2.